The largest absolute Gasteiger partial charge is 0.349 e. The fraction of sp³-hybridized carbons (Fsp3) is 0.438. The van der Waals surface area contributed by atoms with Crippen LogP contribution in [0.5, 0.6) is 0 Å². The van der Waals surface area contributed by atoms with Crippen LogP contribution in [0.4, 0.5) is 4.39 Å². The zero-order valence-corrected chi connectivity index (χ0v) is 12.6. The van der Waals surface area contributed by atoms with Crippen molar-refractivity contribution in [2.45, 2.75) is 31.3 Å². The second-order valence-electron chi connectivity index (χ2n) is 6.08. The lowest BCUT2D eigenvalue weighted by atomic mass is 10.0. The summed E-state index contributed by atoms with van der Waals surface area (Å²) in [5.41, 5.74) is 0.432. The molecule has 0 saturated carbocycles. The number of halogens is 1. The summed E-state index contributed by atoms with van der Waals surface area (Å²) < 4.78 is 12.9. The number of piperidine rings is 1. The van der Waals surface area contributed by atoms with Gasteiger partial charge in [0.1, 0.15) is 5.82 Å². The summed E-state index contributed by atoms with van der Waals surface area (Å²) in [7, 11) is 0. The summed E-state index contributed by atoms with van der Waals surface area (Å²) in [5, 5.41) is 5.28. The lowest BCUT2D eigenvalue weighted by Crippen LogP contribution is -3.17. The molecule has 0 unspecified atom stereocenters. The molecule has 1 aromatic carbocycles. The van der Waals surface area contributed by atoms with Gasteiger partial charge in [0.15, 0.2) is 6.04 Å². The number of amides is 3. The molecule has 3 rings (SSSR count). The van der Waals surface area contributed by atoms with Crippen LogP contribution >= 0.6 is 0 Å². The summed E-state index contributed by atoms with van der Waals surface area (Å²) in [6.45, 7) is 1.47. The summed E-state index contributed by atoms with van der Waals surface area (Å²) >= 11 is 0. The molecular formula is C16H19FN3O3+. The van der Waals surface area contributed by atoms with E-state index >= 15 is 0 Å². The van der Waals surface area contributed by atoms with Crippen molar-refractivity contribution in [2.24, 2.45) is 0 Å². The highest BCUT2D eigenvalue weighted by molar-refractivity contribution is 6.04. The average Bonchev–Trinajstić information content (AvgIpc) is 2.87. The molecule has 2 aliphatic rings. The Bertz CT molecular complexity index is 624. The monoisotopic (exact) mass is 320 g/mol. The van der Waals surface area contributed by atoms with Crippen molar-refractivity contribution in [1.82, 2.24) is 10.6 Å². The Morgan fingerprint density at radius 2 is 1.83 bits per heavy atom. The second kappa shape index (κ2) is 6.45. The van der Waals surface area contributed by atoms with E-state index in [-0.39, 0.29) is 42.0 Å². The minimum atomic E-state index is -0.372. The Balaban J connectivity index is 1.51. The van der Waals surface area contributed by atoms with Gasteiger partial charge in [-0.25, -0.2) is 4.39 Å². The van der Waals surface area contributed by atoms with E-state index in [1.807, 2.05) is 0 Å². The fourth-order valence-corrected chi connectivity index (χ4v) is 3.23. The van der Waals surface area contributed by atoms with Gasteiger partial charge in [0.25, 0.3) is 11.8 Å². The molecule has 0 radical (unpaired) electrons. The molecule has 3 N–H and O–H groups in total. The van der Waals surface area contributed by atoms with E-state index in [0.717, 1.165) is 30.8 Å². The van der Waals surface area contributed by atoms with Gasteiger partial charge < -0.3 is 10.2 Å². The molecule has 6 nitrogen and oxygen atoms in total. The van der Waals surface area contributed by atoms with Crippen LogP contribution in [0.3, 0.4) is 0 Å². The first kappa shape index (κ1) is 15.6. The third-order valence-electron chi connectivity index (χ3n) is 4.53. The van der Waals surface area contributed by atoms with Gasteiger partial charge in [-0.3, -0.25) is 19.7 Å². The number of quaternary nitrogens is 1. The van der Waals surface area contributed by atoms with Crippen molar-refractivity contribution >= 4 is 17.7 Å². The van der Waals surface area contributed by atoms with Gasteiger partial charge in [-0.1, -0.05) is 0 Å². The number of imide groups is 1. The van der Waals surface area contributed by atoms with Gasteiger partial charge in [0.2, 0.25) is 5.91 Å². The minimum Gasteiger partial charge on any atom is -0.349 e. The Hall–Kier alpha value is -2.28. The van der Waals surface area contributed by atoms with Gasteiger partial charge in [-0.2, -0.15) is 0 Å². The van der Waals surface area contributed by atoms with Crippen molar-refractivity contribution in [2.75, 3.05) is 13.1 Å². The molecule has 2 heterocycles. The van der Waals surface area contributed by atoms with Gasteiger partial charge in [0.05, 0.1) is 19.5 Å². The van der Waals surface area contributed by atoms with Crippen LogP contribution in [0, 0.1) is 5.82 Å². The lowest BCUT2D eigenvalue weighted by Gasteiger charge is -2.32. The zero-order chi connectivity index (χ0) is 16.4. The Kier molecular flexibility index (Phi) is 4.38. The van der Waals surface area contributed by atoms with Crippen LogP contribution in [-0.4, -0.2) is 42.9 Å². The van der Waals surface area contributed by atoms with Crippen molar-refractivity contribution in [3.05, 3.63) is 35.6 Å². The molecule has 7 heteroatoms. The Labute approximate surface area is 133 Å². The molecule has 1 atom stereocenters. The Morgan fingerprint density at radius 1 is 1.17 bits per heavy atom. The van der Waals surface area contributed by atoms with E-state index in [1.165, 1.54) is 24.3 Å². The molecule has 23 heavy (non-hydrogen) atoms. The minimum absolute atomic E-state index is 0.0384. The topological polar surface area (TPSA) is 79.7 Å². The number of carbonyl (C=O) groups excluding carboxylic acids is 3. The van der Waals surface area contributed by atoms with Crippen molar-refractivity contribution in [1.29, 1.82) is 0 Å². The van der Waals surface area contributed by atoms with Crippen LogP contribution in [0.1, 0.15) is 29.6 Å². The average molecular weight is 320 g/mol. The summed E-state index contributed by atoms with van der Waals surface area (Å²) in [5.74, 6) is -0.992. The zero-order valence-electron chi connectivity index (χ0n) is 12.6. The van der Waals surface area contributed by atoms with Crippen LogP contribution in [-0.2, 0) is 9.59 Å². The molecule has 0 aliphatic carbocycles. The maximum atomic E-state index is 12.9. The van der Waals surface area contributed by atoms with Crippen molar-refractivity contribution < 1.29 is 23.7 Å². The molecule has 2 saturated heterocycles. The number of hydrogen-bond donors (Lipinski definition) is 3. The number of carbonyl (C=O) groups is 3. The fourth-order valence-electron chi connectivity index (χ4n) is 3.23. The van der Waals surface area contributed by atoms with Crippen LogP contribution < -0.4 is 15.5 Å². The quantitative estimate of drug-likeness (QED) is 0.626. The smallest absolute Gasteiger partial charge is 0.285 e. The van der Waals surface area contributed by atoms with Gasteiger partial charge >= 0.3 is 0 Å². The van der Waals surface area contributed by atoms with Gasteiger partial charge in [0, 0.05) is 24.4 Å². The summed E-state index contributed by atoms with van der Waals surface area (Å²) in [4.78, 5) is 36.2. The number of benzene rings is 1. The Morgan fingerprint density at radius 3 is 2.39 bits per heavy atom. The molecule has 2 fully saturated rings. The lowest BCUT2D eigenvalue weighted by molar-refractivity contribution is -0.919. The SMILES string of the molecule is O=C1C[C@H]([NH+]2CCC(NC(=O)c3ccc(F)cc3)CC2)C(=O)N1. The molecule has 0 spiro atoms. The highest BCUT2D eigenvalue weighted by Crippen LogP contribution is 2.07. The molecule has 0 bridgehead atoms. The van der Waals surface area contributed by atoms with Crippen molar-refractivity contribution in [3.8, 4) is 0 Å². The van der Waals surface area contributed by atoms with E-state index < -0.39 is 0 Å². The van der Waals surface area contributed by atoms with Gasteiger partial charge in [-0.05, 0) is 24.3 Å². The van der Waals surface area contributed by atoms with Crippen LogP contribution in [0.2, 0.25) is 0 Å². The highest BCUT2D eigenvalue weighted by Gasteiger charge is 2.40. The first-order valence-electron chi connectivity index (χ1n) is 7.77. The number of rotatable bonds is 3. The predicted molar refractivity (Wildman–Crippen MR) is 79.1 cm³/mol. The number of nitrogens with one attached hydrogen (secondary N) is 3. The van der Waals surface area contributed by atoms with E-state index in [2.05, 4.69) is 10.6 Å². The third-order valence-corrected chi connectivity index (χ3v) is 4.53. The highest BCUT2D eigenvalue weighted by atomic mass is 19.1. The van der Waals surface area contributed by atoms with Crippen LogP contribution in [0.25, 0.3) is 0 Å². The first-order chi connectivity index (χ1) is 11.0. The van der Waals surface area contributed by atoms with Gasteiger partial charge in [-0.15, -0.1) is 0 Å². The molecule has 122 valence electrons. The first-order valence-corrected chi connectivity index (χ1v) is 7.77. The van der Waals surface area contributed by atoms with E-state index in [0.29, 0.717) is 5.56 Å². The maximum Gasteiger partial charge on any atom is 0.285 e. The van der Waals surface area contributed by atoms with E-state index in [9.17, 15) is 18.8 Å². The van der Waals surface area contributed by atoms with Crippen molar-refractivity contribution in [3.63, 3.8) is 0 Å². The molecular weight excluding hydrogens is 301 g/mol. The predicted octanol–water partition coefficient (Wildman–Crippen LogP) is -0.982. The number of likely N-dealkylation sites (tertiary alicyclic amines) is 1. The molecule has 1 aromatic rings. The third kappa shape index (κ3) is 3.56. The molecule has 2 aliphatic heterocycles. The summed E-state index contributed by atoms with van der Waals surface area (Å²) in [6.07, 6.45) is 1.75. The van der Waals surface area contributed by atoms with E-state index in [1.54, 1.807) is 0 Å². The standard InChI is InChI=1S/C16H18FN3O3/c17-11-3-1-10(2-4-11)15(22)18-12-5-7-20(8-6-12)13-9-14(21)19-16(13)23/h1-4,12-13H,5-9H2,(H,18,22)(H,19,21,23)/p+1/t13-/m0/s1. The molecule has 0 aromatic heterocycles. The van der Waals surface area contributed by atoms with E-state index in [4.69, 9.17) is 0 Å². The molecule has 3 amide bonds. The van der Waals surface area contributed by atoms with Crippen LogP contribution in [0.15, 0.2) is 24.3 Å². The maximum absolute atomic E-state index is 12.9. The second-order valence-corrected chi connectivity index (χ2v) is 6.08. The number of hydrogen-bond acceptors (Lipinski definition) is 3. The summed E-state index contributed by atoms with van der Waals surface area (Å²) in [6, 6.07) is 5.18. The normalized spacial score (nSPS) is 27.6.